The first kappa shape index (κ1) is 14.1. The molecule has 0 aliphatic carbocycles. The normalized spacial score (nSPS) is 10.6. The number of carbonyl (C=O) groups excluding carboxylic acids is 1. The van der Waals surface area contributed by atoms with Crippen LogP contribution >= 0.6 is 0 Å². The predicted octanol–water partition coefficient (Wildman–Crippen LogP) is 1.48. The number of amides is 1. The third-order valence-corrected chi connectivity index (χ3v) is 3.41. The lowest BCUT2D eigenvalue weighted by molar-refractivity contribution is -0.119. The molecule has 0 radical (unpaired) electrons. The van der Waals surface area contributed by atoms with E-state index >= 15 is 0 Å². The van der Waals surface area contributed by atoms with Crippen LogP contribution < -0.4 is 10.2 Å². The zero-order valence-corrected chi connectivity index (χ0v) is 12.3. The van der Waals surface area contributed by atoms with Crippen LogP contribution in [0.3, 0.4) is 0 Å². The third kappa shape index (κ3) is 3.06. The average molecular weight is 295 g/mol. The van der Waals surface area contributed by atoms with Crippen molar-refractivity contribution in [2.75, 3.05) is 18.5 Å². The van der Waals surface area contributed by atoms with E-state index in [2.05, 4.69) is 15.5 Å². The molecule has 0 spiro atoms. The number of likely N-dealkylation sites (N-methyl/N-ethyl adjacent to an activating group) is 1. The first-order valence-corrected chi connectivity index (χ1v) is 7.05. The van der Waals surface area contributed by atoms with Gasteiger partial charge in [-0.25, -0.2) is 0 Å². The number of rotatable bonds is 5. The third-order valence-electron chi connectivity index (χ3n) is 3.41. The second-order valence-electron chi connectivity index (χ2n) is 5.01. The molecule has 1 aromatic carbocycles. The molecule has 0 atom stereocenters. The van der Waals surface area contributed by atoms with Crippen molar-refractivity contribution in [3.8, 4) is 0 Å². The Morgan fingerprint density at radius 2 is 1.91 bits per heavy atom. The molecule has 3 rings (SSSR count). The second-order valence-corrected chi connectivity index (χ2v) is 5.01. The molecule has 22 heavy (non-hydrogen) atoms. The summed E-state index contributed by atoms with van der Waals surface area (Å²) in [6.45, 7) is 0.646. The summed E-state index contributed by atoms with van der Waals surface area (Å²) in [5, 5.41) is 11.0. The number of aromatic nitrogens is 3. The van der Waals surface area contributed by atoms with Crippen LogP contribution in [-0.2, 0) is 11.3 Å². The molecule has 112 valence electrons. The predicted molar refractivity (Wildman–Crippen MR) is 84.5 cm³/mol. The van der Waals surface area contributed by atoms with Crippen LogP contribution in [0.1, 0.15) is 5.82 Å². The van der Waals surface area contributed by atoms with Crippen molar-refractivity contribution < 1.29 is 4.79 Å². The van der Waals surface area contributed by atoms with Gasteiger partial charge in [-0.15, -0.1) is 10.2 Å². The number of pyridine rings is 1. The van der Waals surface area contributed by atoms with Crippen LogP contribution in [0, 0.1) is 0 Å². The standard InChI is InChI=1S/C16H17N5O/c1-20(13-7-3-2-4-8-13)12-16(22)17-11-15-19-18-14-9-5-6-10-21(14)15/h2-10H,11-12H2,1H3,(H,17,22). The summed E-state index contributed by atoms with van der Waals surface area (Å²) in [6.07, 6.45) is 1.88. The van der Waals surface area contributed by atoms with Gasteiger partial charge in [0.2, 0.25) is 5.91 Å². The molecular weight excluding hydrogens is 278 g/mol. The lowest BCUT2D eigenvalue weighted by atomic mass is 10.3. The van der Waals surface area contributed by atoms with Gasteiger partial charge in [-0.2, -0.15) is 0 Å². The molecule has 3 aromatic rings. The Morgan fingerprint density at radius 1 is 1.14 bits per heavy atom. The highest BCUT2D eigenvalue weighted by Crippen LogP contribution is 2.10. The number of benzene rings is 1. The largest absolute Gasteiger partial charge is 0.365 e. The van der Waals surface area contributed by atoms with Crippen LogP contribution in [0.15, 0.2) is 54.7 Å². The number of nitrogens with zero attached hydrogens (tertiary/aromatic N) is 4. The molecule has 1 N–H and O–H groups in total. The van der Waals surface area contributed by atoms with Gasteiger partial charge in [-0.3, -0.25) is 9.20 Å². The van der Waals surface area contributed by atoms with Crippen molar-refractivity contribution in [2.45, 2.75) is 6.54 Å². The fraction of sp³-hybridized carbons (Fsp3) is 0.188. The highest BCUT2D eigenvalue weighted by atomic mass is 16.2. The van der Waals surface area contributed by atoms with Crippen LogP contribution in [0.2, 0.25) is 0 Å². The van der Waals surface area contributed by atoms with Crippen molar-refractivity contribution in [1.82, 2.24) is 19.9 Å². The van der Waals surface area contributed by atoms with E-state index in [1.54, 1.807) is 0 Å². The minimum atomic E-state index is -0.0564. The van der Waals surface area contributed by atoms with E-state index in [4.69, 9.17) is 0 Å². The maximum Gasteiger partial charge on any atom is 0.239 e. The zero-order chi connectivity index (χ0) is 15.4. The number of para-hydroxylation sites is 1. The van der Waals surface area contributed by atoms with Crippen molar-refractivity contribution in [2.24, 2.45) is 0 Å². The molecule has 0 saturated carbocycles. The Bertz CT molecular complexity index is 768. The monoisotopic (exact) mass is 295 g/mol. The van der Waals surface area contributed by atoms with Crippen LogP contribution in [0.4, 0.5) is 5.69 Å². The first-order chi connectivity index (χ1) is 10.7. The van der Waals surface area contributed by atoms with Gasteiger partial charge in [0.1, 0.15) is 0 Å². The maximum atomic E-state index is 12.0. The molecule has 0 saturated heterocycles. The summed E-state index contributed by atoms with van der Waals surface area (Å²) in [5.74, 6) is 0.658. The van der Waals surface area contributed by atoms with Gasteiger partial charge >= 0.3 is 0 Å². The van der Waals surface area contributed by atoms with Gasteiger partial charge in [0.05, 0.1) is 13.1 Å². The van der Waals surface area contributed by atoms with Crippen molar-refractivity contribution in [1.29, 1.82) is 0 Å². The summed E-state index contributed by atoms with van der Waals surface area (Å²) in [5.41, 5.74) is 1.78. The second kappa shape index (κ2) is 6.26. The zero-order valence-electron chi connectivity index (χ0n) is 12.3. The van der Waals surface area contributed by atoms with Gasteiger partial charge in [0.15, 0.2) is 11.5 Å². The minimum absolute atomic E-state index is 0.0564. The van der Waals surface area contributed by atoms with Crippen molar-refractivity contribution in [3.05, 3.63) is 60.6 Å². The average Bonchev–Trinajstić information content (AvgIpc) is 2.97. The number of hydrogen-bond donors (Lipinski definition) is 1. The summed E-state index contributed by atoms with van der Waals surface area (Å²) < 4.78 is 1.86. The molecule has 6 heteroatoms. The molecule has 0 fully saturated rings. The van der Waals surface area contributed by atoms with Crippen LogP contribution in [0.25, 0.3) is 5.65 Å². The van der Waals surface area contributed by atoms with Gasteiger partial charge in [-0.05, 0) is 24.3 Å². The summed E-state index contributed by atoms with van der Waals surface area (Å²) in [4.78, 5) is 13.9. The lowest BCUT2D eigenvalue weighted by Crippen LogP contribution is -2.35. The molecule has 6 nitrogen and oxygen atoms in total. The van der Waals surface area contributed by atoms with E-state index in [-0.39, 0.29) is 5.91 Å². The fourth-order valence-electron chi connectivity index (χ4n) is 2.23. The molecule has 0 aliphatic heterocycles. The van der Waals surface area contributed by atoms with E-state index in [1.807, 2.05) is 71.1 Å². The molecule has 0 aliphatic rings. The molecule has 1 amide bonds. The number of nitrogens with one attached hydrogen (secondary N) is 1. The highest BCUT2D eigenvalue weighted by molar-refractivity contribution is 5.81. The molecule has 2 aromatic heterocycles. The Labute approximate surface area is 128 Å². The minimum Gasteiger partial charge on any atom is -0.365 e. The van der Waals surface area contributed by atoms with E-state index in [0.717, 1.165) is 11.3 Å². The number of carbonyl (C=O) groups is 1. The van der Waals surface area contributed by atoms with E-state index < -0.39 is 0 Å². The summed E-state index contributed by atoms with van der Waals surface area (Å²) in [7, 11) is 1.89. The molecule has 2 heterocycles. The highest BCUT2D eigenvalue weighted by Gasteiger charge is 2.09. The van der Waals surface area contributed by atoms with E-state index in [1.165, 1.54) is 0 Å². The molecular formula is C16H17N5O. The number of fused-ring (bicyclic) bond motifs is 1. The van der Waals surface area contributed by atoms with Gasteiger partial charge in [-0.1, -0.05) is 24.3 Å². The van der Waals surface area contributed by atoms with Gasteiger partial charge in [0, 0.05) is 18.9 Å². The summed E-state index contributed by atoms with van der Waals surface area (Å²) >= 11 is 0. The smallest absolute Gasteiger partial charge is 0.239 e. The SMILES string of the molecule is CN(CC(=O)NCc1nnc2ccccn12)c1ccccc1. The lowest BCUT2D eigenvalue weighted by Gasteiger charge is -2.18. The quantitative estimate of drug-likeness (QED) is 0.774. The number of hydrogen-bond acceptors (Lipinski definition) is 4. The topological polar surface area (TPSA) is 62.5 Å². The van der Waals surface area contributed by atoms with Crippen LogP contribution in [-0.4, -0.2) is 34.1 Å². The Hall–Kier alpha value is -2.89. The Kier molecular flexibility index (Phi) is 4.00. The van der Waals surface area contributed by atoms with Gasteiger partial charge in [0.25, 0.3) is 0 Å². The van der Waals surface area contributed by atoms with Crippen molar-refractivity contribution in [3.63, 3.8) is 0 Å². The Morgan fingerprint density at radius 3 is 2.73 bits per heavy atom. The van der Waals surface area contributed by atoms with Crippen LogP contribution in [0.5, 0.6) is 0 Å². The van der Waals surface area contributed by atoms with E-state index in [0.29, 0.717) is 18.9 Å². The summed E-state index contributed by atoms with van der Waals surface area (Å²) in [6, 6.07) is 15.5. The fourth-order valence-corrected chi connectivity index (χ4v) is 2.23. The van der Waals surface area contributed by atoms with E-state index in [9.17, 15) is 4.79 Å². The van der Waals surface area contributed by atoms with Gasteiger partial charge < -0.3 is 10.2 Å². The Balaban J connectivity index is 1.58. The molecule has 0 unspecified atom stereocenters. The maximum absolute atomic E-state index is 12.0. The first-order valence-electron chi connectivity index (χ1n) is 7.05. The number of anilines is 1. The van der Waals surface area contributed by atoms with Crippen molar-refractivity contribution >= 4 is 17.2 Å². The molecule has 0 bridgehead atoms.